The number of ether oxygens (including phenoxy) is 1. The van der Waals surface area contributed by atoms with Crippen molar-refractivity contribution in [3.8, 4) is 0 Å². The zero-order chi connectivity index (χ0) is 14.7. The molecule has 0 spiro atoms. The first kappa shape index (κ1) is 14.1. The lowest BCUT2D eigenvalue weighted by Crippen LogP contribution is -2.14. The lowest BCUT2D eigenvalue weighted by Gasteiger charge is -2.08. The molecule has 0 aliphatic heterocycles. The Bertz CT molecular complexity index is 657. The van der Waals surface area contributed by atoms with Crippen LogP contribution in [0.4, 0.5) is 0 Å². The smallest absolute Gasteiger partial charge is 0.354 e. The van der Waals surface area contributed by atoms with Crippen molar-refractivity contribution in [2.75, 3.05) is 6.61 Å². The summed E-state index contributed by atoms with van der Waals surface area (Å²) in [7, 11) is 0. The van der Waals surface area contributed by atoms with Gasteiger partial charge in [-0.25, -0.2) is 4.79 Å². The number of benzene rings is 1. The molecule has 0 atom stereocenters. The van der Waals surface area contributed by atoms with Crippen LogP contribution in [0.3, 0.4) is 0 Å². The fourth-order valence-electron chi connectivity index (χ4n) is 2.26. The number of carboxylic acid groups (broad SMARTS) is 1. The normalized spacial score (nSPS) is 10.7. The molecule has 0 unspecified atom stereocenters. The Labute approximate surface area is 116 Å². The first-order valence-electron chi connectivity index (χ1n) is 6.52. The molecule has 1 aromatic heterocycles. The highest BCUT2D eigenvalue weighted by Crippen LogP contribution is 2.24. The number of hydrogen-bond acceptors (Lipinski definition) is 3. The molecule has 5 nitrogen and oxygen atoms in total. The van der Waals surface area contributed by atoms with Crippen LogP contribution >= 0.6 is 0 Å². The van der Waals surface area contributed by atoms with Crippen molar-refractivity contribution in [1.82, 2.24) is 4.57 Å². The summed E-state index contributed by atoms with van der Waals surface area (Å²) in [6, 6.07) is 7.50. The van der Waals surface area contributed by atoms with Crippen molar-refractivity contribution in [2.24, 2.45) is 0 Å². The molecule has 5 heteroatoms. The predicted octanol–water partition coefficient (Wildman–Crippen LogP) is 2.60. The summed E-state index contributed by atoms with van der Waals surface area (Å²) in [5.41, 5.74) is 2.30. The number of aromatic nitrogens is 1. The minimum absolute atomic E-state index is 0.0376. The van der Waals surface area contributed by atoms with E-state index in [1.54, 1.807) is 17.6 Å². The maximum absolute atomic E-state index is 12.0. The zero-order valence-corrected chi connectivity index (χ0v) is 11.5. The van der Waals surface area contributed by atoms with Crippen LogP contribution < -0.4 is 0 Å². The van der Waals surface area contributed by atoms with Gasteiger partial charge in [-0.3, -0.25) is 4.79 Å². The van der Waals surface area contributed by atoms with E-state index in [4.69, 9.17) is 9.84 Å². The standard InChI is InChI=1S/C15H17NO4/c1-3-20-15(19)13-9-11-10(2)5-4-6-12(11)16(13)8-7-14(17)18/h4-6,9H,3,7-8H2,1-2H3,(H,17,18). The van der Waals surface area contributed by atoms with Crippen LogP contribution in [-0.2, 0) is 16.1 Å². The van der Waals surface area contributed by atoms with Crippen LogP contribution in [0, 0.1) is 6.92 Å². The molecule has 0 bridgehead atoms. The molecule has 0 fully saturated rings. The molecule has 2 aromatic rings. The molecule has 2 rings (SSSR count). The Morgan fingerprint density at radius 3 is 2.75 bits per heavy atom. The molecule has 1 N–H and O–H groups in total. The van der Waals surface area contributed by atoms with E-state index in [2.05, 4.69) is 0 Å². The Hall–Kier alpha value is -2.30. The molecule has 0 saturated carbocycles. The van der Waals surface area contributed by atoms with E-state index < -0.39 is 11.9 Å². The van der Waals surface area contributed by atoms with E-state index in [1.807, 2.05) is 25.1 Å². The van der Waals surface area contributed by atoms with Gasteiger partial charge in [0.15, 0.2) is 0 Å². The largest absolute Gasteiger partial charge is 0.481 e. The molecule has 1 heterocycles. The van der Waals surface area contributed by atoms with Crippen LogP contribution in [0.15, 0.2) is 24.3 Å². The SMILES string of the molecule is CCOC(=O)c1cc2c(C)cccc2n1CCC(=O)O. The first-order valence-corrected chi connectivity index (χ1v) is 6.52. The fraction of sp³-hybridized carbons (Fsp3) is 0.333. The number of aliphatic carboxylic acids is 1. The second-order valence-corrected chi connectivity index (χ2v) is 4.55. The van der Waals surface area contributed by atoms with Crippen molar-refractivity contribution < 1.29 is 19.4 Å². The van der Waals surface area contributed by atoms with Gasteiger partial charge in [0.25, 0.3) is 0 Å². The number of nitrogens with zero attached hydrogens (tertiary/aromatic N) is 1. The number of carbonyl (C=O) groups is 2. The molecule has 1 aromatic carbocycles. The molecule has 0 saturated heterocycles. The van der Waals surface area contributed by atoms with Crippen molar-refractivity contribution >= 4 is 22.8 Å². The van der Waals surface area contributed by atoms with Crippen molar-refractivity contribution in [3.05, 3.63) is 35.5 Å². The fourth-order valence-corrected chi connectivity index (χ4v) is 2.26. The summed E-state index contributed by atoms with van der Waals surface area (Å²) in [4.78, 5) is 22.8. The maximum atomic E-state index is 12.0. The van der Waals surface area contributed by atoms with Gasteiger partial charge in [-0.15, -0.1) is 0 Å². The predicted molar refractivity (Wildman–Crippen MR) is 74.9 cm³/mol. The molecule has 0 aliphatic carbocycles. The lowest BCUT2D eigenvalue weighted by atomic mass is 10.1. The Morgan fingerprint density at radius 1 is 1.35 bits per heavy atom. The average Bonchev–Trinajstić information content (AvgIpc) is 2.77. The van der Waals surface area contributed by atoms with Crippen LogP contribution in [0.1, 0.15) is 29.4 Å². The Balaban J connectivity index is 2.53. The lowest BCUT2D eigenvalue weighted by molar-refractivity contribution is -0.137. The van der Waals surface area contributed by atoms with E-state index >= 15 is 0 Å². The monoisotopic (exact) mass is 275 g/mol. The van der Waals surface area contributed by atoms with E-state index in [0.29, 0.717) is 5.69 Å². The van der Waals surface area contributed by atoms with E-state index in [-0.39, 0.29) is 19.6 Å². The summed E-state index contributed by atoms with van der Waals surface area (Å²) in [5, 5.41) is 9.79. The van der Waals surface area contributed by atoms with E-state index in [0.717, 1.165) is 16.5 Å². The van der Waals surface area contributed by atoms with Gasteiger partial charge >= 0.3 is 11.9 Å². The second kappa shape index (κ2) is 5.77. The van der Waals surface area contributed by atoms with Crippen LogP contribution in [-0.4, -0.2) is 28.2 Å². The number of carboxylic acids is 1. The summed E-state index contributed by atoms with van der Waals surface area (Å²) < 4.78 is 6.75. The molecule has 106 valence electrons. The average molecular weight is 275 g/mol. The number of aryl methyl sites for hydroxylation is 2. The first-order chi connectivity index (χ1) is 9.54. The zero-order valence-electron chi connectivity index (χ0n) is 11.5. The number of fused-ring (bicyclic) bond motifs is 1. The van der Waals surface area contributed by atoms with Crippen molar-refractivity contribution in [2.45, 2.75) is 26.8 Å². The highest BCUT2D eigenvalue weighted by molar-refractivity contribution is 5.96. The molecule has 20 heavy (non-hydrogen) atoms. The number of hydrogen-bond donors (Lipinski definition) is 1. The van der Waals surface area contributed by atoms with Gasteiger partial charge in [0, 0.05) is 17.4 Å². The van der Waals surface area contributed by atoms with Gasteiger partial charge < -0.3 is 14.4 Å². The summed E-state index contributed by atoms with van der Waals surface area (Å²) in [6.07, 6.45) is -0.0376. The summed E-state index contributed by atoms with van der Waals surface area (Å²) in [6.45, 7) is 4.24. The molecular formula is C15H17NO4. The molecule has 0 radical (unpaired) electrons. The number of esters is 1. The Kier molecular flexibility index (Phi) is 4.08. The van der Waals surface area contributed by atoms with E-state index in [1.165, 1.54) is 0 Å². The topological polar surface area (TPSA) is 68.5 Å². The molecular weight excluding hydrogens is 258 g/mol. The van der Waals surface area contributed by atoms with Crippen molar-refractivity contribution in [1.29, 1.82) is 0 Å². The maximum Gasteiger partial charge on any atom is 0.354 e. The van der Waals surface area contributed by atoms with Crippen LogP contribution in [0.2, 0.25) is 0 Å². The highest BCUT2D eigenvalue weighted by Gasteiger charge is 2.17. The summed E-state index contributed by atoms with van der Waals surface area (Å²) >= 11 is 0. The quantitative estimate of drug-likeness (QED) is 0.852. The van der Waals surface area contributed by atoms with Gasteiger partial charge in [0.2, 0.25) is 0 Å². The third kappa shape index (κ3) is 2.66. The van der Waals surface area contributed by atoms with E-state index in [9.17, 15) is 9.59 Å². The highest BCUT2D eigenvalue weighted by atomic mass is 16.5. The number of carbonyl (C=O) groups excluding carboxylic acids is 1. The van der Waals surface area contributed by atoms with Crippen LogP contribution in [0.25, 0.3) is 10.9 Å². The third-order valence-corrected chi connectivity index (χ3v) is 3.20. The van der Waals surface area contributed by atoms with Crippen molar-refractivity contribution in [3.63, 3.8) is 0 Å². The third-order valence-electron chi connectivity index (χ3n) is 3.20. The van der Waals surface area contributed by atoms with Crippen LogP contribution in [0.5, 0.6) is 0 Å². The molecule has 0 amide bonds. The Morgan fingerprint density at radius 2 is 2.10 bits per heavy atom. The van der Waals surface area contributed by atoms with Gasteiger partial charge in [-0.1, -0.05) is 12.1 Å². The molecule has 0 aliphatic rings. The minimum Gasteiger partial charge on any atom is -0.481 e. The van der Waals surface area contributed by atoms with Gasteiger partial charge in [-0.05, 0) is 31.5 Å². The summed E-state index contributed by atoms with van der Waals surface area (Å²) in [5.74, 6) is -1.32. The minimum atomic E-state index is -0.894. The number of rotatable bonds is 5. The van der Waals surface area contributed by atoms with Gasteiger partial charge in [0.05, 0.1) is 13.0 Å². The van der Waals surface area contributed by atoms with Gasteiger partial charge in [0.1, 0.15) is 5.69 Å². The van der Waals surface area contributed by atoms with Gasteiger partial charge in [-0.2, -0.15) is 0 Å². The second-order valence-electron chi connectivity index (χ2n) is 4.55.